The van der Waals surface area contributed by atoms with Gasteiger partial charge in [0.2, 0.25) is 17.0 Å². The molecular weight excluding hydrogens is 284 g/mol. The summed E-state index contributed by atoms with van der Waals surface area (Å²) < 4.78 is 1.06. The Morgan fingerprint density at radius 3 is 3.10 bits per heavy atom. The molecular formula is C15H18N4OS. The molecule has 21 heavy (non-hydrogen) atoms. The smallest absolute Gasteiger partial charge is 0.230 e. The number of guanidine groups is 1. The van der Waals surface area contributed by atoms with Crippen molar-refractivity contribution in [2.75, 3.05) is 0 Å². The summed E-state index contributed by atoms with van der Waals surface area (Å²) in [6.45, 7) is 2.14. The number of nitrogens with one attached hydrogen (secondary N) is 1. The van der Waals surface area contributed by atoms with Crippen LogP contribution in [0, 0.1) is 11.8 Å². The quantitative estimate of drug-likeness (QED) is 0.673. The first-order valence-corrected chi connectivity index (χ1v) is 7.99. The van der Waals surface area contributed by atoms with Crippen LogP contribution in [-0.2, 0) is 4.79 Å². The van der Waals surface area contributed by atoms with Gasteiger partial charge in [0.15, 0.2) is 0 Å². The molecule has 0 spiro atoms. The molecule has 1 amide bonds. The zero-order valence-corrected chi connectivity index (χ0v) is 12.7. The number of benzene rings is 1. The first kappa shape index (κ1) is 14.0. The second-order valence-electron chi connectivity index (χ2n) is 5.34. The third kappa shape index (κ3) is 3.21. The second-order valence-corrected chi connectivity index (χ2v) is 6.35. The summed E-state index contributed by atoms with van der Waals surface area (Å²) in [5.41, 5.74) is 6.69. The van der Waals surface area contributed by atoms with Gasteiger partial charge in [0.1, 0.15) is 0 Å². The highest BCUT2D eigenvalue weighted by molar-refractivity contribution is 7.22. The van der Waals surface area contributed by atoms with Crippen molar-refractivity contribution in [3.63, 3.8) is 0 Å². The minimum absolute atomic E-state index is 0.0178. The molecule has 0 bridgehead atoms. The maximum Gasteiger partial charge on any atom is 0.230 e. The highest BCUT2D eigenvalue weighted by atomic mass is 32.1. The monoisotopic (exact) mass is 302 g/mol. The number of thiazole rings is 1. The summed E-state index contributed by atoms with van der Waals surface area (Å²) in [5, 5.41) is 3.24. The molecule has 1 aromatic heterocycles. The van der Waals surface area contributed by atoms with Gasteiger partial charge in [-0.25, -0.2) is 4.98 Å². The van der Waals surface area contributed by atoms with E-state index in [9.17, 15) is 4.79 Å². The number of fused-ring (bicyclic) bond motifs is 1. The van der Waals surface area contributed by atoms with Crippen LogP contribution in [0.15, 0.2) is 29.3 Å². The number of carbonyl (C=O) groups is 1. The van der Waals surface area contributed by atoms with Crippen LogP contribution >= 0.6 is 11.3 Å². The zero-order valence-electron chi connectivity index (χ0n) is 11.9. The molecule has 1 heterocycles. The number of para-hydroxylation sites is 1. The van der Waals surface area contributed by atoms with Gasteiger partial charge in [0, 0.05) is 5.92 Å². The molecule has 5 nitrogen and oxygen atoms in total. The van der Waals surface area contributed by atoms with Crippen molar-refractivity contribution in [1.82, 2.24) is 10.3 Å². The summed E-state index contributed by atoms with van der Waals surface area (Å²) >= 11 is 1.46. The molecule has 3 N–H and O–H groups in total. The van der Waals surface area contributed by atoms with Crippen molar-refractivity contribution >= 4 is 38.6 Å². The number of nitrogens with zero attached hydrogens (tertiary/aromatic N) is 2. The van der Waals surface area contributed by atoms with E-state index < -0.39 is 0 Å². The van der Waals surface area contributed by atoms with E-state index in [2.05, 4.69) is 22.2 Å². The summed E-state index contributed by atoms with van der Waals surface area (Å²) in [6.07, 6.45) is 3.19. The Bertz CT molecular complexity index is 661. The van der Waals surface area contributed by atoms with Crippen molar-refractivity contribution in [2.24, 2.45) is 22.6 Å². The molecule has 1 aliphatic carbocycles. The second kappa shape index (κ2) is 5.81. The van der Waals surface area contributed by atoms with E-state index >= 15 is 0 Å². The number of rotatable bonds is 4. The number of aromatic nitrogens is 1. The van der Waals surface area contributed by atoms with Gasteiger partial charge in [-0.05, 0) is 30.9 Å². The molecule has 2 unspecified atom stereocenters. The van der Waals surface area contributed by atoms with E-state index in [1.807, 2.05) is 24.3 Å². The largest absolute Gasteiger partial charge is 0.369 e. The number of amides is 1. The minimum atomic E-state index is -0.0178. The van der Waals surface area contributed by atoms with Gasteiger partial charge >= 0.3 is 0 Å². The van der Waals surface area contributed by atoms with Gasteiger partial charge in [-0.3, -0.25) is 10.1 Å². The molecule has 2 aromatic rings. The van der Waals surface area contributed by atoms with Crippen LogP contribution in [0.1, 0.15) is 26.2 Å². The van der Waals surface area contributed by atoms with E-state index in [0.29, 0.717) is 11.0 Å². The molecule has 0 radical (unpaired) electrons. The molecule has 1 fully saturated rings. The molecule has 2 atom stereocenters. The van der Waals surface area contributed by atoms with E-state index in [4.69, 9.17) is 5.73 Å². The van der Waals surface area contributed by atoms with Crippen LogP contribution in [0.4, 0.5) is 5.13 Å². The Kier molecular flexibility index (Phi) is 3.88. The Balaban J connectivity index is 1.64. The Morgan fingerprint density at radius 1 is 1.52 bits per heavy atom. The lowest BCUT2D eigenvalue weighted by Crippen LogP contribution is -2.37. The minimum Gasteiger partial charge on any atom is -0.369 e. The third-order valence-corrected chi connectivity index (χ3v) is 4.60. The van der Waals surface area contributed by atoms with Crippen molar-refractivity contribution in [1.29, 1.82) is 0 Å². The number of hydrogen-bond acceptors (Lipinski definition) is 4. The van der Waals surface area contributed by atoms with Gasteiger partial charge in [-0.15, -0.1) is 0 Å². The van der Waals surface area contributed by atoms with Gasteiger partial charge < -0.3 is 5.73 Å². The van der Waals surface area contributed by atoms with Gasteiger partial charge in [0.05, 0.1) is 10.2 Å². The molecule has 110 valence electrons. The third-order valence-electron chi connectivity index (χ3n) is 3.67. The molecule has 1 saturated carbocycles. The van der Waals surface area contributed by atoms with Crippen molar-refractivity contribution in [3.8, 4) is 0 Å². The van der Waals surface area contributed by atoms with Crippen molar-refractivity contribution < 1.29 is 4.79 Å². The normalized spacial score (nSPS) is 21.5. The molecule has 1 aromatic carbocycles. The first-order chi connectivity index (χ1) is 10.2. The Morgan fingerprint density at radius 2 is 2.33 bits per heavy atom. The first-order valence-electron chi connectivity index (χ1n) is 7.18. The maximum atomic E-state index is 12.0. The molecule has 3 rings (SSSR count). The number of carbonyl (C=O) groups excluding carboxylic acids is 1. The Hall–Kier alpha value is -1.95. The fourth-order valence-electron chi connectivity index (χ4n) is 2.52. The van der Waals surface area contributed by atoms with E-state index in [1.165, 1.54) is 11.3 Å². The van der Waals surface area contributed by atoms with E-state index in [-0.39, 0.29) is 17.8 Å². The molecule has 0 saturated heterocycles. The highest BCUT2D eigenvalue weighted by Crippen LogP contribution is 2.42. The van der Waals surface area contributed by atoms with Crippen LogP contribution in [0.5, 0.6) is 0 Å². The van der Waals surface area contributed by atoms with Crippen molar-refractivity contribution in [2.45, 2.75) is 26.2 Å². The van der Waals surface area contributed by atoms with Crippen molar-refractivity contribution in [3.05, 3.63) is 24.3 Å². The fourth-order valence-corrected chi connectivity index (χ4v) is 3.37. The number of aliphatic imine (C=N–C) groups is 1. The maximum absolute atomic E-state index is 12.0. The average molecular weight is 302 g/mol. The number of nitrogens with two attached hydrogens (primary N) is 1. The average Bonchev–Trinajstić information content (AvgIpc) is 3.10. The Labute approximate surface area is 127 Å². The number of hydrogen-bond donors (Lipinski definition) is 2. The van der Waals surface area contributed by atoms with E-state index in [0.717, 1.165) is 29.5 Å². The van der Waals surface area contributed by atoms with Crippen LogP contribution in [0.2, 0.25) is 0 Å². The van der Waals surface area contributed by atoms with Gasteiger partial charge in [-0.2, -0.15) is 4.99 Å². The van der Waals surface area contributed by atoms with Crippen LogP contribution in [0.3, 0.4) is 0 Å². The van der Waals surface area contributed by atoms with Crippen LogP contribution in [-0.4, -0.2) is 16.9 Å². The van der Waals surface area contributed by atoms with Gasteiger partial charge in [0.25, 0.3) is 0 Å². The SMILES string of the molecule is CCCC1CC1C(=O)NC(N)=Nc1nc2ccccc2s1. The standard InChI is InChI=1S/C15H18N4OS/c1-2-5-9-8-10(9)13(20)18-14(16)19-15-17-11-6-3-4-7-12(11)21-15/h3-4,6-7,9-10H,2,5,8H2,1H3,(H3,16,17,18,19,20). The van der Waals surface area contributed by atoms with E-state index in [1.54, 1.807) is 0 Å². The predicted molar refractivity (Wildman–Crippen MR) is 85.6 cm³/mol. The molecule has 0 aliphatic heterocycles. The van der Waals surface area contributed by atoms with Crippen LogP contribution < -0.4 is 11.1 Å². The predicted octanol–water partition coefficient (Wildman–Crippen LogP) is 2.79. The van der Waals surface area contributed by atoms with Gasteiger partial charge in [-0.1, -0.05) is 36.8 Å². The highest BCUT2D eigenvalue weighted by Gasteiger charge is 2.42. The summed E-state index contributed by atoms with van der Waals surface area (Å²) in [6, 6.07) is 7.81. The zero-order chi connectivity index (χ0) is 14.8. The topological polar surface area (TPSA) is 80.4 Å². The summed E-state index contributed by atoms with van der Waals surface area (Å²) in [5.74, 6) is 0.733. The summed E-state index contributed by atoms with van der Waals surface area (Å²) in [7, 11) is 0. The fraction of sp³-hybridized carbons (Fsp3) is 0.400. The lowest BCUT2D eigenvalue weighted by atomic mass is 10.2. The van der Waals surface area contributed by atoms with Crippen LogP contribution in [0.25, 0.3) is 10.2 Å². The molecule has 6 heteroatoms. The summed E-state index contributed by atoms with van der Waals surface area (Å²) in [4.78, 5) is 20.5. The lowest BCUT2D eigenvalue weighted by Gasteiger charge is -2.02. The molecule has 1 aliphatic rings. The lowest BCUT2D eigenvalue weighted by molar-refractivity contribution is -0.121.